The van der Waals surface area contributed by atoms with Gasteiger partial charge in [-0.05, 0) is 60.6 Å². The maximum absolute atomic E-state index is 6.22. The van der Waals surface area contributed by atoms with Crippen molar-refractivity contribution in [3.63, 3.8) is 0 Å². The minimum Gasteiger partial charge on any atom is -0.304 e. The fourth-order valence-corrected chi connectivity index (χ4v) is 5.74. The summed E-state index contributed by atoms with van der Waals surface area (Å²) >= 11 is 13.3. The number of nitrogens with one attached hydrogen (secondary N) is 1. The zero-order chi connectivity index (χ0) is 14.8. The third-order valence-corrected chi connectivity index (χ3v) is 7.42. The molecule has 0 bridgehead atoms. The Bertz CT molecular complexity index is 580. The lowest BCUT2D eigenvalue weighted by molar-refractivity contribution is 0.599. The van der Waals surface area contributed by atoms with Crippen LogP contribution in [-0.2, 0) is 12.8 Å². The van der Waals surface area contributed by atoms with Gasteiger partial charge in [0.25, 0.3) is 0 Å². The van der Waals surface area contributed by atoms with E-state index in [9.17, 15) is 0 Å². The van der Waals surface area contributed by atoms with Crippen molar-refractivity contribution in [2.75, 3.05) is 6.54 Å². The Balaban J connectivity index is 1.92. The Morgan fingerprint density at radius 3 is 2.86 bits per heavy atom. The summed E-state index contributed by atoms with van der Waals surface area (Å²) < 4.78 is 1.79. The van der Waals surface area contributed by atoms with E-state index in [4.69, 9.17) is 16.6 Å². The first-order valence-electron chi connectivity index (χ1n) is 7.35. The van der Waals surface area contributed by atoms with Gasteiger partial charge in [0.1, 0.15) is 9.34 Å². The van der Waals surface area contributed by atoms with Crippen molar-refractivity contribution in [3.8, 4) is 0 Å². The van der Waals surface area contributed by atoms with Gasteiger partial charge < -0.3 is 5.32 Å². The molecule has 2 nitrogen and oxygen atoms in total. The fourth-order valence-electron chi connectivity index (χ4n) is 2.60. The summed E-state index contributed by atoms with van der Waals surface area (Å²) in [6.45, 7) is 3.18. The molecular formula is C15H18BrClN2S2. The van der Waals surface area contributed by atoms with Gasteiger partial charge in [0.15, 0.2) is 0 Å². The second-order valence-electron chi connectivity index (χ2n) is 5.29. The summed E-state index contributed by atoms with van der Waals surface area (Å²) in [7, 11) is 0. The van der Waals surface area contributed by atoms with Crippen LogP contribution >= 0.6 is 50.2 Å². The second-order valence-corrected chi connectivity index (χ2v) is 8.94. The second kappa shape index (κ2) is 7.09. The van der Waals surface area contributed by atoms with E-state index in [1.807, 2.05) is 11.3 Å². The Kier molecular flexibility index (Phi) is 5.38. The lowest BCUT2D eigenvalue weighted by Crippen LogP contribution is -2.22. The highest BCUT2D eigenvalue weighted by Crippen LogP contribution is 2.39. The number of halogens is 2. The first-order chi connectivity index (χ1) is 10.2. The highest BCUT2D eigenvalue weighted by molar-refractivity contribution is 9.10. The molecule has 1 unspecified atom stereocenters. The van der Waals surface area contributed by atoms with Crippen LogP contribution in [0.1, 0.15) is 52.7 Å². The van der Waals surface area contributed by atoms with E-state index in [1.54, 1.807) is 11.3 Å². The number of thiazole rings is 1. The quantitative estimate of drug-likeness (QED) is 0.701. The maximum atomic E-state index is 6.22. The average molecular weight is 406 g/mol. The van der Waals surface area contributed by atoms with E-state index in [0.29, 0.717) is 0 Å². The molecule has 2 aromatic heterocycles. The predicted molar refractivity (Wildman–Crippen MR) is 95.9 cm³/mol. The van der Waals surface area contributed by atoms with Crippen molar-refractivity contribution < 1.29 is 0 Å². The molecule has 0 fully saturated rings. The summed E-state index contributed by atoms with van der Waals surface area (Å²) in [5, 5.41) is 4.83. The van der Waals surface area contributed by atoms with Crippen LogP contribution in [0.5, 0.6) is 0 Å². The Hall–Kier alpha value is 0.0600. The summed E-state index contributed by atoms with van der Waals surface area (Å²) in [6, 6.07) is 2.30. The van der Waals surface area contributed by atoms with Gasteiger partial charge in [-0.25, -0.2) is 4.98 Å². The minimum atomic E-state index is 0.175. The largest absolute Gasteiger partial charge is 0.304 e. The third-order valence-electron chi connectivity index (χ3n) is 3.66. The van der Waals surface area contributed by atoms with Crippen LogP contribution in [0.4, 0.5) is 0 Å². The number of rotatable bonds is 5. The number of aromatic nitrogens is 1. The van der Waals surface area contributed by atoms with Gasteiger partial charge in [0, 0.05) is 14.2 Å². The fraction of sp³-hybridized carbons (Fsp3) is 0.533. The van der Waals surface area contributed by atoms with Gasteiger partial charge in [0.05, 0.1) is 11.7 Å². The zero-order valence-electron chi connectivity index (χ0n) is 11.9. The van der Waals surface area contributed by atoms with E-state index in [2.05, 4.69) is 34.2 Å². The van der Waals surface area contributed by atoms with E-state index >= 15 is 0 Å². The standard InChI is InChI=1S/C15H18BrClN2S2/c1-2-7-18-13(12-8-9(16)14(17)20-12)15-19-10-5-3-4-6-11(10)21-15/h8,13,18H,2-7H2,1H3. The predicted octanol–water partition coefficient (Wildman–Crippen LogP) is 5.59. The normalized spacial score (nSPS) is 16.0. The molecule has 0 aliphatic heterocycles. The molecule has 0 aromatic carbocycles. The highest BCUT2D eigenvalue weighted by atomic mass is 79.9. The van der Waals surface area contributed by atoms with E-state index in [0.717, 1.165) is 28.2 Å². The van der Waals surface area contributed by atoms with Crippen LogP contribution in [0.3, 0.4) is 0 Å². The van der Waals surface area contributed by atoms with Gasteiger partial charge in [-0.2, -0.15) is 0 Å². The number of hydrogen-bond donors (Lipinski definition) is 1. The van der Waals surface area contributed by atoms with Gasteiger partial charge in [0.2, 0.25) is 0 Å². The van der Waals surface area contributed by atoms with Crippen LogP contribution in [0.2, 0.25) is 4.34 Å². The molecule has 0 amide bonds. The molecule has 6 heteroatoms. The van der Waals surface area contributed by atoms with Crippen molar-refractivity contribution in [1.29, 1.82) is 0 Å². The van der Waals surface area contributed by atoms with Gasteiger partial charge in [-0.1, -0.05) is 18.5 Å². The molecule has 1 aliphatic rings. The number of thiophene rings is 1. The van der Waals surface area contributed by atoms with Gasteiger partial charge in [-0.15, -0.1) is 22.7 Å². The molecule has 3 rings (SSSR count). The van der Waals surface area contributed by atoms with Crippen molar-refractivity contribution in [2.24, 2.45) is 0 Å². The topological polar surface area (TPSA) is 24.9 Å². The van der Waals surface area contributed by atoms with Crippen molar-refractivity contribution in [3.05, 3.63) is 35.3 Å². The zero-order valence-corrected chi connectivity index (χ0v) is 15.9. The van der Waals surface area contributed by atoms with Crippen LogP contribution in [0, 0.1) is 0 Å². The summed E-state index contributed by atoms with van der Waals surface area (Å²) in [6.07, 6.45) is 6.03. The van der Waals surface area contributed by atoms with Crippen LogP contribution in [0.15, 0.2) is 10.5 Å². The number of aryl methyl sites for hydroxylation is 2. The molecule has 1 aliphatic carbocycles. The SMILES string of the molecule is CCCNC(c1cc(Br)c(Cl)s1)c1nc2c(s1)CCCC2. The third kappa shape index (κ3) is 3.53. The number of hydrogen-bond acceptors (Lipinski definition) is 4. The molecule has 0 radical (unpaired) electrons. The first-order valence-corrected chi connectivity index (χ1v) is 10.2. The molecule has 0 saturated carbocycles. The van der Waals surface area contributed by atoms with Crippen molar-refractivity contribution in [2.45, 2.75) is 45.1 Å². The molecular weight excluding hydrogens is 388 g/mol. The number of fused-ring (bicyclic) bond motifs is 1. The summed E-state index contributed by atoms with van der Waals surface area (Å²) in [5.74, 6) is 0. The summed E-state index contributed by atoms with van der Waals surface area (Å²) in [4.78, 5) is 7.65. The minimum absolute atomic E-state index is 0.175. The molecule has 2 heterocycles. The highest BCUT2D eigenvalue weighted by Gasteiger charge is 2.24. The molecule has 0 saturated heterocycles. The van der Waals surface area contributed by atoms with Gasteiger partial charge in [-0.3, -0.25) is 0 Å². The summed E-state index contributed by atoms with van der Waals surface area (Å²) in [5.41, 5.74) is 1.33. The first kappa shape index (κ1) is 15.9. The average Bonchev–Trinajstić information content (AvgIpc) is 3.04. The molecule has 2 aromatic rings. The van der Waals surface area contributed by atoms with Crippen molar-refractivity contribution in [1.82, 2.24) is 10.3 Å². The van der Waals surface area contributed by atoms with Crippen LogP contribution in [-0.4, -0.2) is 11.5 Å². The number of nitrogens with zero attached hydrogens (tertiary/aromatic N) is 1. The molecule has 114 valence electrons. The molecule has 0 spiro atoms. The Morgan fingerprint density at radius 2 is 2.19 bits per heavy atom. The Labute approximate surface area is 147 Å². The lowest BCUT2D eigenvalue weighted by Gasteiger charge is -2.14. The molecule has 1 N–H and O–H groups in total. The maximum Gasteiger partial charge on any atom is 0.115 e. The molecule has 21 heavy (non-hydrogen) atoms. The monoisotopic (exact) mass is 404 g/mol. The van der Waals surface area contributed by atoms with Crippen LogP contribution in [0.25, 0.3) is 0 Å². The lowest BCUT2D eigenvalue weighted by atomic mass is 10.0. The van der Waals surface area contributed by atoms with Gasteiger partial charge >= 0.3 is 0 Å². The van der Waals surface area contributed by atoms with Crippen molar-refractivity contribution >= 4 is 50.2 Å². The van der Waals surface area contributed by atoms with Crippen LogP contribution < -0.4 is 5.32 Å². The van der Waals surface area contributed by atoms with E-state index < -0.39 is 0 Å². The molecule has 1 atom stereocenters. The van der Waals surface area contributed by atoms with E-state index in [1.165, 1.54) is 39.7 Å². The smallest absolute Gasteiger partial charge is 0.115 e. The Morgan fingerprint density at radius 1 is 1.38 bits per heavy atom. The van der Waals surface area contributed by atoms with E-state index in [-0.39, 0.29) is 6.04 Å².